The lowest BCUT2D eigenvalue weighted by atomic mass is 9.82. The molecule has 1 aromatic heterocycles. The van der Waals surface area contributed by atoms with Crippen molar-refractivity contribution in [1.82, 2.24) is 4.98 Å². The molecule has 1 atom stereocenters. The van der Waals surface area contributed by atoms with Gasteiger partial charge in [0.2, 0.25) is 0 Å². The number of hydrogen-bond acceptors (Lipinski definition) is 4. The Hall–Kier alpha value is -3.44. The number of anilines is 1. The number of ether oxygens (including phenoxy) is 1. The number of aryl methyl sites for hydroxylation is 2. The molecule has 0 saturated carbocycles. The van der Waals surface area contributed by atoms with E-state index in [1.165, 1.54) is 11.1 Å². The SMILES string of the molecule is Cc1nc(C)c(C(OC(C)(C)C)C(=O)O)c(N2CCC(C)(C)CC2)c1/C=C/c1ccc(-c2ccccc2)cc1. The first-order valence-corrected chi connectivity index (χ1v) is 13.8. The van der Waals surface area contributed by atoms with Crippen LogP contribution in [-0.4, -0.2) is 34.8 Å². The summed E-state index contributed by atoms with van der Waals surface area (Å²) in [7, 11) is 0. The zero-order valence-electron chi connectivity index (χ0n) is 24.4. The van der Waals surface area contributed by atoms with Gasteiger partial charge in [-0.3, -0.25) is 4.98 Å². The molecule has 2 aromatic carbocycles. The van der Waals surface area contributed by atoms with Gasteiger partial charge in [-0.05, 0) is 69.6 Å². The van der Waals surface area contributed by atoms with E-state index in [-0.39, 0.29) is 5.41 Å². The smallest absolute Gasteiger partial charge is 0.337 e. The fourth-order valence-corrected chi connectivity index (χ4v) is 5.23. The minimum absolute atomic E-state index is 0.262. The Morgan fingerprint density at radius 3 is 2.10 bits per heavy atom. The van der Waals surface area contributed by atoms with Gasteiger partial charge in [-0.1, -0.05) is 80.6 Å². The molecule has 2 heterocycles. The largest absolute Gasteiger partial charge is 0.479 e. The number of carboxylic acids is 1. The summed E-state index contributed by atoms with van der Waals surface area (Å²) in [5.41, 5.74) is 7.19. The summed E-state index contributed by atoms with van der Waals surface area (Å²) in [6.45, 7) is 15.9. The lowest BCUT2D eigenvalue weighted by molar-refractivity contribution is -0.160. The fourth-order valence-electron chi connectivity index (χ4n) is 5.23. The van der Waals surface area contributed by atoms with Gasteiger partial charge >= 0.3 is 5.97 Å². The van der Waals surface area contributed by atoms with E-state index >= 15 is 0 Å². The van der Waals surface area contributed by atoms with Gasteiger partial charge in [0.1, 0.15) is 0 Å². The van der Waals surface area contributed by atoms with Crippen LogP contribution >= 0.6 is 0 Å². The van der Waals surface area contributed by atoms with E-state index in [2.05, 4.69) is 67.3 Å². The van der Waals surface area contributed by atoms with E-state index < -0.39 is 17.7 Å². The first kappa shape index (κ1) is 28.6. The van der Waals surface area contributed by atoms with E-state index in [4.69, 9.17) is 9.72 Å². The van der Waals surface area contributed by atoms with E-state index in [1.807, 2.05) is 52.8 Å². The van der Waals surface area contributed by atoms with E-state index in [9.17, 15) is 9.90 Å². The Labute approximate surface area is 233 Å². The van der Waals surface area contributed by atoms with Crippen molar-refractivity contribution >= 4 is 23.8 Å². The molecule has 1 unspecified atom stereocenters. The van der Waals surface area contributed by atoms with Crippen molar-refractivity contribution < 1.29 is 14.6 Å². The van der Waals surface area contributed by atoms with Crippen LogP contribution in [-0.2, 0) is 9.53 Å². The molecule has 206 valence electrons. The average molecular weight is 527 g/mol. The highest BCUT2D eigenvalue weighted by Crippen LogP contribution is 2.41. The molecule has 1 fully saturated rings. The predicted octanol–water partition coefficient (Wildman–Crippen LogP) is 8.10. The second-order valence-electron chi connectivity index (χ2n) is 12.4. The number of aliphatic carboxylic acids is 1. The average Bonchev–Trinajstić information content (AvgIpc) is 2.87. The van der Waals surface area contributed by atoms with Crippen LogP contribution in [0.15, 0.2) is 54.6 Å². The number of nitrogens with zero attached hydrogens (tertiary/aromatic N) is 2. The van der Waals surface area contributed by atoms with Gasteiger partial charge in [0.05, 0.1) is 11.3 Å². The summed E-state index contributed by atoms with van der Waals surface area (Å²) in [6.07, 6.45) is 5.15. The second kappa shape index (κ2) is 11.4. The van der Waals surface area contributed by atoms with Crippen LogP contribution in [0, 0.1) is 19.3 Å². The summed E-state index contributed by atoms with van der Waals surface area (Å²) in [4.78, 5) is 19.8. The predicted molar refractivity (Wildman–Crippen MR) is 161 cm³/mol. The molecule has 0 aliphatic carbocycles. The van der Waals surface area contributed by atoms with Crippen LogP contribution in [0.25, 0.3) is 23.3 Å². The quantitative estimate of drug-likeness (QED) is 0.337. The molecular weight excluding hydrogens is 484 g/mol. The molecule has 5 heteroatoms. The second-order valence-corrected chi connectivity index (χ2v) is 12.4. The maximum absolute atomic E-state index is 12.6. The summed E-state index contributed by atoms with van der Waals surface area (Å²) in [6, 6.07) is 18.8. The number of aromatic nitrogens is 1. The van der Waals surface area contributed by atoms with Crippen molar-refractivity contribution in [3.05, 3.63) is 82.7 Å². The van der Waals surface area contributed by atoms with E-state index in [1.54, 1.807) is 0 Å². The van der Waals surface area contributed by atoms with Gasteiger partial charge in [0.15, 0.2) is 6.10 Å². The third-order valence-corrected chi connectivity index (χ3v) is 7.48. The first-order chi connectivity index (χ1) is 18.3. The van der Waals surface area contributed by atoms with Crippen molar-refractivity contribution in [2.24, 2.45) is 5.41 Å². The van der Waals surface area contributed by atoms with Crippen molar-refractivity contribution in [2.75, 3.05) is 18.0 Å². The maximum atomic E-state index is 12.6. The topological polar surface area (TPSA) is 62.7 Å². The zero-order chi connectivity index (χ0) is 28.4. The normalized spacial score (nSPS) is 16.4. The van der Waals surface area contributed by atoms with Gasteiger partial charge in [0.25, 0.3) is 0 Å². The van der Waals surface area contributed by atoms with Gasteiger partial charge < -0.3 is 14.7 Å². The molecule has 1 aliphatic rings. The number of rotatable bonds is 7. The summed E-state index contributed by atoms with van der Waals surface area (Å²) >= 11 is 0. The third kappa shape index (κ3) is 6.96. The molecule has 1 N–H and O–H groups in total. The fraction of sp³-hybridized carbons (Fsp3) is 0.412. The Morgan fingerprint density at radius 1 is 0.949 bits per heavy atom. The maximum Gasteiger partial charge on any atom is 0.337 e. The molecular formula is C34H42N2O3. The first-order valence-electron chi connectivity index (χ1n) is 13.8. The van der Waals surface area contributed by atoms with Gasteiger partial charge in [-0.25, -0.2) is 4.79 Å². The molecule has 39 heavy (non-hydrogen) atoms. The number of pyridine rings is 1. The number of piperidine rings is 1. The van der Waals surface area contributed by atoms with Crippen LogP contribution in [0.5, 0.6) is 0 Å². The third-order valence-electron chi connectivity index (χ3n) is 7.48. The van der Waals surface area contributed by atoms with Gasteiger partial charge in [-0.2, -0.15) is 0 Å². The minimum Gasteiger partial charge on any atom is -0.479 e. The highest BCUT2D eigenvalue weighted by Gasteiger charge is 2.35. The highest BCUT2D eigenvalue weighted by molar-refractivity contribution is 5.85. The van der Waals surface area contributed by atoms with Crippen LogP contribution in [0.4, 0.5) is 5.69 Å². The standard InChI is InChI=1S/C34H42N2O3/c1-23-28(18-15-25-13-16-27(17-14-25)26-11-9-8-10-12-26)30(36-21-19-34(6,7)20-22-36)29(24(2)35-23)31(32(37)38)39-33(3,4)5/h8-18,31H,19-22H2,1-7H3,(H,37,38)/b18-15+. The molecule has 1 aliphatic heterocycles. The van der Waals surface area contributed by atoms with Crippen LogP contribution in [0.1, 0.15) is 81.6 Å². The van der Waals surface area contributed by atoms with Crippen LogP contribution < -0.4 is 4.90 Å². The number of hydrogen-bond donors (Lipinski definition) is 1. The molecule has 4 rings (SSSR count). The van der Waals surface area contributed by atoms with Crippen molar-refractivity contribution in [3.63, 3.8) is 0 Å². The Kier molecular flexibility index (Phi) is 8.31. The number of benzene rings is 2. The minimum atomic E-state index is -1.11. The van der Waals surface area contributed by atoms with E-state index in [0.717, 1.165) is 48.4 Å². The molecule has 1 saturated heterocycles. The Morgan fingerprint density at radius 2 is 1.54 bits per heavy atom. The number of carbonyl (C=O) groups is 1. The van der Waals surface area contributed by atoms with Crippen molar-refractivity contribution in [1.29, 1.82) is 0 Å². The van der Waals surface area contributed by atoms with E-state index in [0.29, 0.717) is 11.3 Å². The van der Waals surface area contributed by atoms with Crippen molar-refractivity contribution in [2.45, 2.75) is 73.0 Å². The lowest BCUT2D eigenvalue weighted by Crippen LogP contribution is -2.39. The molecule has 5 nitrogen and oxygen atoms in total. The zero-order valence-corrected chi connectivity index (χ0v) is 24.4. The lowest BCUT2D eigenvalue weighted by Gasteiger charge is -2.41. The molecule has 3 aromatic rings. The monoisotopic (exact) mass is 526 g/mol. The Bertz CT molecular complexity index is 1330. The van der Waals surface area contributed by atoms with Crippen molar-refractivity contribution in [3.8, 4) is 11.1 Å². The van der Waals surface area contributed by atoms with Gasteiger partial charge in [0, 0.05) is 35.6 Å². The highest BCUT2D eigenvalue weighted by atomic mass is 16.5. The molecule has 0 bridgehead atoms. The Balaban J connectivity index is 1.80. The summed E-state index contributed by atoms with van der Waals surface area (Å²) < 4.78 is 6.16. The molecule has 0 radical (unpaired) electrons. The van der Waals surface area contributed by atoms with Crippen LogP contribution in [0.3, 0.4) is 0 Å². The summed E-state index contributed by atoms with van der Waals surface area (Å²) in [5.74, 6) is -0.997. The molecule has 0 amide bonds. The summed E-state index contributed by atoms with van der Waals surface area (Å²) in [5, 5.41) is 10.3. The van der Waals surface area contributed by atoms with Crippen LogP contribution in [0.2, 0.25) is 0 Å². The number of carboxylic acid groups (broad SMARTS) is 1. The molecule has 0 spiro atoms. The van der Waals surface area contributed by atoms with Gasteiger partial charge in [-0.15, -0.1) is 0 Å².